The van der Waals surface area contributed by atoms with E-state index in [2.05, 4.69) is 18.3 Å². The molecule has 116 valence electrons. The van der Waals surface area contributed by atoms with Crippen LogP contribution in [0.3, 0.4) is 0 Å². The number of aromatic nitrogens is 1. The third kappa shape index (κ3) is 3.56. The standard InChI is InChI=1S/C17H26N2O2/c1-4-6-7-8-9-14(18-3)13-10-11-15-16(12-13)21-17(20)19(15)5-2/h10-12,14,18H,4-9H2,1-3H3. The number of oxazole rings is 1. The van der Waals surface area contributed by atoms with Gasteiger partial charge in [0.1, 0.15) is 0 Å². The number of unbranched alkanes of at least 4 members (excludes halogenated alkanes) is 3. The fourth-order valence-electron chi connectivity index (χ4n) is 2.85. The Labute approximate surface area is 126 Å². The van der Waals surface area contributed by atoms with E-state index in [4.69, 9.17) is 4.42 Å². The second-order valence-electron chi connectivity index (χ2n) is 5.53. The van der Waals surface area contributed by atoms with Crippen LogP contribution in [-0.2, 0) is 6.54 Å². The predicted molar refractivity (Wildman–Crippen MR) is 86.7 cm³/mol. The van der Waals surface area contributed by atoms with Gasteiger partial charge in [0.15, 0.2) is 5.58 Å². The summed E-state index contributed by atoms with van der Waals surface area (Å²) in [5.41, 5.74) is 2.76. The Kier molecular flexibility index (Phi) is 5.62. The molecule has 0 saturated heterocycles. The molecule has 2 rings (SSSR count). The minimum Gasteiger partial charge on any atom is -0.408 e. The molecule has 1 atom stereocenters. The molecule has 2 aromatic rings. The zero-order valence-electron chi connectivity index (χ0n) is 13.3. The summed E-state index contributed by atoms with van der Waals surface area (Å²) in [6, 6.07) is 6.42. The summed E-state index contributed by atoms with van der Waals surface area (Å²) in [6.07, 6.45) is 6.16. The van der Waals surface area contributed by atoms with Crippen molar-refractivity contribution in [1.29, 1.82) is 0 Å². The van der Waals surface area contributed by atoms with Gasteiger partial charge in [-0.05, 0) is 38.1 Å². The van der Waals surface area contributed by atoms with E-state index in [0.29, 0.717) is 18.2 Å². The topological polar surface area (TPSA) is 47.2 Å². The van der Waals surface area contributed by atoms with Crippen molar-refractivity contribution >= 4 is 11.1 Å². The molecule has 4 nitrogen and oxygen atoms in total. The molecule has 1 heterocycles. The van der Waals surface area contributed by atoms with Crippen molar-refractivity contribution in [3.05, 3.63) is 34.3 Å². The van der Waals surface area contributed by atoms with E-state index < -0.39 is 0 Å². The van der Waals surface area contributed by atoms with Gasteiger partial charge in [0.05, 0.1) is 5.52 Å². The molecule has 0 fully saturated rings. The van der Waals surface area contributed by atoms with Gasteiger partial charge in [0.25, 0.3) is 0 Å². The Morgan fingerprint density at radius 3 is 2.71 bits per heavy atom. The van der Waals surface area contributed by atoms with Crippen LogP contribution in [0.2, 0.25) is 0 Å². The van der Waals surface area contributed by atoms with E-state index in [1.54, 1.807) is 4.57 Å². The molecular weight excluding hydrogens is 264 g/mol. The first kappa shape index (κ1) is 15.8. The van der Waals surface area contributed by atoms with Gasteiger partial charge in [-0.15, -0.1) is 0 Å². The Morgan fingerprint density at radius 1 is 1.24 bits per heavy atom. The minimum atomic E-state index is -0.270. The van der Waals surface area contributed by atoms with Gasteiger partial charge in [-0.2, -0.15) is 0 Å². The maximum Gasteiger partial charge on any atom is 0.419 e. The van der Waals surface area contributed by atoms with Crippen LogP contribution < -0.4 is 11.1 Å². The first-order chi connectivity index (χ1) is 10.2. The molecule has 0 aliphatic carbocycles. The van der Waals surface area contributed by atoms with Crippen LogP contribution in [0.1, 0.15) is 57.6 Å². The number of benzene rings is 1. The zero-order chi connectivity index (χ0) is 15.2. The minimum absolute atomic E-state index is 0.270. The largest absolute Gasteiger partial charge is 0.419 e. The first-order valence-electron chi connectivity index (χ1n) is 8.01. The maximum absolute atomic E-state index is 11.7. The molecule has 0 aliphatic rings. The molecule has 0 amide bonds. The van der Waals surface area contributed by atoms with Crippen LogP contribution in [-0.4, -0.2) is 11.6 Å². The summed E-state index contributed by atoms with van der Waals surface area (Å²) in [7, 11) is 1.99. The van der Waals surface area contributed by atoms with Crippen molar-refractivity contribution in [1.82, 2.24) is 9.88 Å². The van der Waals surface area contributed by atoms with Crippen molar-refractivity contribution < 1.29 is 4.42 Å². The average molecular weight is 290 g/mol. The lowest BCUT2D eigenvalue weighted by Crippen LogP contribution is -2.16. The average Bonchev–Trinajstić information content (AvgIpc) is 2.81. The van der Waals surface area contributed by atoms with E-state index in [0.717, 1.165) is 11.9 Å². The molecule has 0 spiro atoms. The molecule has 0 radical (unpaired) electrons. The summed E-state index contributed by atoms with van der Waals surface area (Å²) in [5, 5.41) is 3.37. The van der Waals surface area contributed by atoms with Gasteiger partial charge >= 0.3 is 5.76 Å². The highest BCUT2D eigenvalue weighted by Crippen LogP contribution is 2.24. The number of fused-ring (bicyclic) bond motifs is 1. The smallest absolute Gasteiger partial charge is 0.408 e. The van der Waals surface area contributed by atoms with Crippen molar-refractivity contribution in [3.8, 4) is 0 Å². The number of rotatable bonds is 8. The van der Waals surface area contributed by atoms with Crippen molar-refractivity contribution in [2.75, 3.05) is 7.05 Å². The molecule has 1 aromatic heterocycles. The molecule has 4 heteroatoms. The van der Waals surface area contributed by atoms with Crippen molar-refractivity contribution in [2.24, 2.45) is 0 Å². The summed E-state index contributed by atoms with van der Waals surface area (Å²) in [5.74, 6) is -0.270. The third-order valence-corrected chi connectivity index (χ3v) is 4.11. The molecule has 1 aromatic carbocycles. The third-order valence-electron chi connectivity index (χ3n) is 4.11. The van der Waals surface area contributed by atoms with Crippen molar-refractivity contribution in [2.45, 2.75) is 58.5 Å². The summed E-state index contributed by atoms with van der Waals surface area (Å²) >= 11 is 0. The highest BCUT2D eigenvalue weighted by molar-refractivity contribution is 5.73. The molecule has 0 saturated carbocycles. The quantitative estimate of drug-likeness (QED) is 0.751. The summed E-state index contributed by atoms with van der Waals surface area (Å²) in [4.78, 5) is 11.7. The number of aryl methyl sites for hydroxylation is 1. The molecule has 1 unspecified atom stereocenters. The van der Waals surface area contributed by atoms with E-state index in [1.807, 2.05) is 26.1 Å². The molecule has 0 bridgehead atoms. The van der Waals surface area contributed by atoms with Crippen LogP contribution in [0.4, 0.5) is 0 Å². The summed E-state index contributed by atoms with van der Waals surface area (Å²) in [6.45, 7) is 4.82. The lowest BCUT2D eigenvalue weighted by molar-refractivity contribution is 0.501. The highest BCUT2D eigenvalue weighted by atomic mass is 16.4. The monoisotopic (exact) mass is 290 g/mol. The van der Waals surface area contributed by atoms with E-state index >= 15 is 0 Å². The Balaban J connectivity index is 2.18. The summed E-state index contributed by atoms with van der Waals surface area (Å²) < 4.78 is 7.01. The van der Waals surface area contributed by atoms with Crippen molar-refractivity contribution in [3.63, 3.8) is 0 Å². The van der Waals surface area contributed by atoms with Crippen LogP contribution in [0.5, 0.6) is 0 Å². The van der Waals surface area contributed by atoms with Gasteiger partial charge in [-0.3, -0.25) is 4.57 Å². The highest BCUT2D eigenvalue weighted by Gasteiger charge is 2.13. The first-order valence-corrected chi connectivity index (χ1v) is 8.01. The molecular formula is C17H26N2O2. The molecule has 0 aliphatic heterocycles. The van der Waals surface area contributed by atoms with Crippen LogP contribution >= 0.6 is 0 Å². The number of hydrogen-bond donors (Lipinski definition) is 1. The fraction of sp³-hybridized carbons (Fsp3) is 0.588. The van der Waals surface area contributed by atoms with E-state index in [1.165, 1.54) is 31.2 Å². The number of hydrogen-bond acceptors (Lipinski definition) is 3. The molecule has 21 heavy (non-hydrogen) atoms. The lowest BCUT2D eigenvalue weighted by Gasteiger charge is -2.16. The van der Waals surface area contributed by atoms with E-state index in [9.17, 15) is 4.79 Å². The lowest BCUT2D eigenvalue weighted by atomic mass is 10.00. The van der Waals surface area contributed by atoms with Crippen LogP contribution in [0.25, 0.3) is 11.1 Å². The zero-order valence-corrected chi connectivity index (χ0v) is 13.3. The van der Waals surface area contributed by atoms with Crippen LogP contribution in [0, 0.1) is 0 Å². The maximum atomic E-state index is 11.7. The predicted octanol–water partition coefficient (Wildman–Crippen LogP) is 3.85. The van der Waals surface area contributed by atoms with Gasteiger partial charge in [0.2, 0.25) is 0 Å². The SMILES string of the molecule is CCCCCCC(NC)c1ccc2c(c1)oc(=O)n2CC. The number of nitrogens with zero attached hydrogens (tertiary/aromatic N) is 1. The Hall–Kier alpha value is -1.55. The normalized spacial score (nSPS) is 12.9. The van der Waals surface area contributed by atoms with Gasteiger partial charge in [-0.25, -0.2) is 4.79 Å². The Morgan fingerprint density at radius 2 is 2.05 bits per heavy atom. The molecule has 1 N–H and O–H groups in total. The Bertz CT molecular complexity index is 627. The number of nitrogens with one attached hydrogen (secondary N) is 1. The fourth-order valence-corrected chi connectivity index (χ4v) is 2.85. The van der Waals surface area contributed by atoms with Gasteiger partial charge in [-0.1, -0.05) is 38.7 Å². The second-order valence-corrected chi connectivity index (χ2v) is 5.53. The second kappa shape index (κ2) is 7.46. The van der Waals surface area contributed by atoms with Gasteiger partial charge < -0.3 is 9.73 Å². The van der Waals surface area contributed by atoms with Crippen LogP contribution in [0.15, 0.2) is 27.4 Å². The van der Waals surface area contributed by atoms with Gasteiger partial charge in [0, 0.05) is 12.6 Å². The van der Waals surface area contributed by atoms with E-state index in [-0.39, 0.29) is 5.76 Å².